The van der Waals surface area contributed by atoms with Crippen molar-refractivity contribution in [3.63, 3.8) is 0 Å². The summed E-state index contributed by atoms with van der Waals surface area (Å²) in [6.45, 7) is 1.75. The standard InChI is InChI=1S/C12H21N3O5S/c1-6(16)9(13)11(18)15-4-2-3-8(15)10(17)14-7(5-21)12(19)20/h6-9,16,21H,2-5,13H2,1H3,(H,14,17)(H,19,20). The number of nitrogens with one attached hydrogen (secondary N) is 1. The van der Waals surface area contributed by atoms with E-state index in [1.165, 1.54) is 11.8 Å². The van der Waals surface area contributed by atoms with Gasteiger partial charge in [-0.2, -0.15) is 12.6 Å². The van der Waals surface area contributed by atoms with E-state index in [1.54, 1.807) is 0 Å². The summed E-state index contributed by atoms with van der Waals surface area (Å²) < 4.78 is 0. The Hall–Kier alpha value is -1.32. The van der Waals surface area contributed by atoms with Crippen LogP contribution in [0.1, 0.15) is 19.8 Å². The van der Waals surface area contributed by atoms with E-state index in [2.05, 4.69) is 17.9 Å². The van der Waals surface area contributed by atoms with E-state index in [1.807, 2.05) is 0 Å². The fourth-order valence-electron chi connectivity index (χ4n) is 2.15. The van der Waals surface area contributed by atoms with Crippen LogP contribution in [0, 0.1) is 0 Å². The van der Waals surface area contributed by atoms with Gasteiger partial charge in [-0.25, -0.2) is 4.79 Å². The topological polar surface area (TPSA) is 133 Å². The van der Waals surface area contributed by atoms with Gasteiger partial charge in [0.2, 0.25) is 11.8 Å². The Balaban J connectivity index is 2.75. The number of carbonyl (C=O) groups excluding carboxylic acids is 2. The Morgan fingerprint density at radius 2 is 2.10 bits per heavy atom. The summed E-state index contributed by atoms with van der Waals surface area (Å²) in [4.78, 5) is 36.4. The molecule has 0 aromatic carbocycles. The Bertz CT molecular complexity index is 418. The Morgan fingerprint density at radius 1 is 1.48 bits per heavy atom. The predicted molar refractivity (Wildman–Crippen MR) is 77.8 cm³/mol. The van der Waals surface area contributed by atoms with Crippen molar-refractivity contribution in [1.29, 1.82) is 0 Å². The highest BCUT2D eigenvalue weighted by Crippen LogP contribution is 2.19. The van der Waals surface area contributed by atoms with E-state index in [4.69, 9.17) is 10.8 Å². The minimum atomic E-state index is -1.19. The van der Waals surface area contributed by atoms with Gasteiger partial charge in [0.05, 0.1) is 6.10 Å². The lowest BCUT2D eigenvalue weighted by molar-refractivity contribution is -0.144. The number of carbonyl (C=O) groups is 3. The maximum Gasteiger partial charge on any atom is 0.327 e. The number of carboxylic acids is 1. The molecule has 1 heterocycles. The van der Waals surface area contributed by atoms with Gasteiger partial charge in [0.25, 0.3) is 0 Å². The zero-order chi connectivity index (χ0) is 16.2. The highest BCUT2D eigenvalue weighted by Gasteiger charge is 2.38. The lowest BCUT2D eigenvalue weighted by Crippen LogP contribution is -2.56. The zero-order valence-corrected chi connectivity index (χ0v) is 12.6. The molecular weight excluding hydrogens is 298 g/mol. The highest BCUT2D eigenvalue weighted by atomic mass is 32.1. The number of aliphatic hydroxyl groups excluding tert-OH is 1. The molecule has 4 unspecified atom stereocenters. The van der Waals surface area contributed by atoms with Gasteiger partial charge in [0, 0.05) is 12.3 Å². The first-order chi connectivity index (χ1) is 9.79. The second-order valence-corrected chi connectivity index (χ2v) is 5.40. The number of likely N-dealkylation sites (tertiary alicyclic amines) is 1. The van der Waals surface area contributed by atoms with Crippen LogP contribution in [0.5, 0.6) is 0 Å². The van der Waals surface area contributed by atoms with Crippen molar-refractivity contribution in [2.45, 2.75) is 44.0 Å². The molecule has 1 fully saturated rings. The van der Waals surface area contributed by atoms with Crippen LogP contribution in [0.2, 0.25) is 0 Å². The second-order valence-electron chi connectivity index (χ2n) is 5.04. The van der Waals surface area contributed by atoms with Gasteiger partial charge < -0.3 is 26.2 Å². The number of amides is 2. The zero-order valence-electron chi connectivity index (χ0n) is 11.7. The van der Waals surface area contributed by atoms with E-state index in [-0.39, 0.29) is 5.75 Å². The Kier molecular flexibility index (Phi) is 6.43. The monoisotopic (exact) mass is 319 g/mol. The van der Waals surface area contributed by atoms with Gasteiger partial charge in [-0.15, -0.1) is 0 Å². The molecule has 120 valence electrons. The van der Waals surface area contributed by atoms with Crippen LogP contribution < -0.4 is 11.1 Å². The summed E-state index contributed by atoms with van der Waals surface area (Å²) in [7, 11) is 0. The molecule has 2 amide bonds. The van der Waals surface area contributed by atoms with Crippen molar-refractivity contribution in [3.05, 3.63) is 0 Å². The lowest BCUT2D eigenvalue weighted by Gasteiger charge is -2.28. The molecular formula is C12H21N3O5S. The second kappa shape index (κ2) is 7.62. The average molecular weight is 319 g/mol. The fourth-order valence-corrected chi connectivity index (χ4v) is 2.40. The molecule has 0 saturated carbocycles. The van der Waals surface area contributed by atoms with Crippen molar-refractivity contribution in [2.75, 3.05) is 12.3 Å². The Morgan fingerprint density at radius 3 is 2.57 bits per heavy atom. The first-order valence-corrected chi connectivity index (χ1v) is 7.31. The largest absolute Gasteiger partial charge is 0.480 e. The van der Waals surface area contributed by atoms with Gasteiger partial charge in [0.15, 0.2) is 0 Å². The molecule has 0 aromatic heterocycles. The molecule has 0 aliphatic carbocycles. The molecule has 0 spiro atoms. The van der Waals surface area contributed by atoms with Gasteiger partial charge in [0.1, 0.15) is 18.1 Å². The molecule has 5 N–H and O–H groups in total. The fraction of sp³-hybridized carbons (Fsp3) is 0.750. The van der Waals surface area contributed by atoms with E-state index in [0.29, 0.717) is 19.4 Å². The molecule has 0 aromatic rings. The number of rotatable bonds is 6. The SMILES string of the molecule is CC(O)C(N)C(=O)N1CCCC1C(=O)NC(CS)C(=O)O. The van der Waals surface area contributed by atoms with Gasteiger partial charge in [-0.3, -0.25) is 9.59 Å². The molecule has 1 aliphatic heterocycles. The molecule has 9 heteroatoms. The summed E-state index contributed by atoms with van der Waals surface area (Å²) in [6, 6.07) is -2.97. The maximum atomic E-state index is 12.1. The first kappa shape index (κ1) is 17.7. The molecule has 0 bridgehead atoms. The molecule has 1 rings (SSSR count). The van der Waals surface area contributed by atoms with Crippen LogP contribution in [-0.2, 0) is 14.4 Å². The number of nitrogens with zero attached hydrogens (tertiary/aromatic N) is 1. The van der Waals surface area contributed by atoms with Crippen LogP contribution in [-0.4, -0.2) is 69.4 Å². The van der Waals surface area contributed by atoms with Crippen molar-refractivity contribution in [1.82, 2.24) is 10.2 Å². The number of carboxylic acid groups (broad SMARTS) is 1. The minimum Gasteiger partial charge on any atom is -0.480 e. The number of hydrogen-bond acceptors (Lipinski definition) is 6. The van der Waals surface area contributed by atoms with E-state index in [0.717, 1.165) is 0 Å². The van der Waals surface area contributed by atoms with Gasteiger partial charge in [-0.1, -0.05) is 0 Å². The third kappa shape index (κ3) is 4.32. The van der Waals surface area contributed by atoms with E-state index in [9.17, 15) is 19.5 Å². The van der Waals surface area contributed by atoms with Crippen LogP contribution in [0.15, 0.2) is 0 Å². The van der Waals surface area contributed by atoms with Crippen molar-refractivity contribution < 1.29 is 24.6 Å². The number of nitrogens with two attached hydrogens (primary N) is 1. The molecule has 1 aliphatic rings. The highest BCUT2D eigenvalue weighted by molar-refractivity contribution is 7.80. The summed E-state index contributed by atoms with van der Waals surface area (Å²) in [5, 5.41) is 20.6. The normalized spacial score (nSPS) is 22.5. The minimum absolute atomic E-state index is 0.0467. The predicted octanol–water partition coefficient (Wildman–Crippen LogP) is -1.82. The summed E-state index contributed by atoms with van der Waals surface area (Å²) in [5.74, 6) is -2.29. The smallest absolute Gasteiger partial charge is 0.327 e. The summed E-state index contributed by atoms with van der Waals surface area (Å²) >= 11 is 3.87. The van der Waals surface area contributed by atoms with E-state index >= 15 is 0 Å². The number of aliphatic hydroxyl groups is 1. The Labute approximate surface area is 128 Å². The van der Waals surface area contributed by atoms with Crippen LogP contribution in [0.3, 0.4) is 0 Å². The summed E-state index contributed by atoms with van der Waals surface area (Å²) in [6.07, 6.45) is 0.0314. The van der Waals surface area contributed by atoms with Crippen LogP contribution in [0.4, 0.5) is 0 Å². The molecule has 8 nitrogen and oxygen atoms in total. The molecule has 0 radical (unpaired) electrons. The van der Waals surface area contributed by atoms with Crippen molar-refractivity contribution in [2.24, 2.45) is 5.73 Å². The van der Waals surface area contributed by atoms with Gasteiger partial charge >= 0.3 is 5.97 Å². The number of hydrogen-bond donors (Lipinski definition) is 5. The third-order valence-electron chi connectivity index (χ3n) is 3.44. The average Bonchev–Trinajstić information content (AvgIpc) is 2.91. The lowest BCUT2D eigenvalue weighted by atomic mass is 10.1. The van der Waals surface area contributed by atoms with Crippen molar-refractivity contribution in [3.8, 4) is 0 Å². The summed E-state index contributed by atoms with van der Waals surface area (Å²) in [5.41, 5.74) is 5.60. The van der Waals surface area contributed by atoms with Crippen molar-refractivity contribution >= 4 is 30.4 Å². The van der Waals surface area contributed by atoms with E-state index < -0.39 is 42.0 Å². The van der Waals surface area contributed by atoms with Crippen LogP contribution in [0.25, 0.3) is 0 Å². The van der Waals surface area contributed by atoms with Gasteiger partial charge in [-0.05, 0) is 19.8 Å². The molecule has 1 saturated heterocycles. The third-order valence-corrected chi connectivity index (χ3v) is 3.81. The van der Waals surface area contributed by atoms with Crippen LogP contribution >= 0.6 is 12.6 Å². The quantitative estimate of drug-likeness (QED) is 0.366. The maximum absolute atomic E-state index is 12.1. The molecule has 21 heavy (non-hydrogen) atoms. The number of aliphatic carboxylic acids is 1. The first-order valence-electron chi connectivity index (χ1n) is 6.67. The molecule has 4 atom stereocenters. The number of thiol groups is 1.